The van der Waals surface area contributed by atoms with E-state index in [-0.39, 0.29) is 5.41 Å². The minimum absolute atomic E-state index is 0.317. The third-order valence-corrected chi connectivity index (χ3v) is 9.16. The van der Waals surface area contributed by atoms with E-state index in [1.165, 1.54) is 5.56 Å². The Morgan fingerprint density at radius 3 is 1.85 bits per heavy atom. The molecule has 5 nitrogen and oxygen atoms in total. The fourth-order valence-electron chi connectivity index (χ4n) is 6.99. The lowest BCUT2D eigenvalue weighted by Gasteiger charge is -2.24. The molecule has 1 aliphatic rings. The monoisotopic (exact) mass is 592 g/mol. The van der Waals surface area contributed by atoms with Gasteiger partial charge in [0.05, 0.1) is 22.8 Å². The molecule has 4 heterocycles. The van der Waals surface area contributed by atoms with Crippen LogP contribution in [0.3, 0.4) is 0 Å². The average molecular weight is 593 g/mol. The van der Waals surface area contributed by atoms with Crippen LogP contribution in [0.15, 0.2) is 138 Å². The number of aromatic nitrogens is 4. The van der Waals surface area contributed by atoms with Crippen molar-refractivity contribution in [3.05, 3.63) is 145 Å². The predicted octanol–water partition coefficient (Wildman–Crippen LogP) is 10.1. The van der Waals surface area contributed by atoms with Crippen molar-refractivity contribution in [2.45, 2.75) is 19.3 Å². The van der Waals surface area contributed by atoms with Gasteiger partial charge in [-0.05, 0) is 60.2 Å². The maximum Gasteiger partial charge on any atom is 0.160 e. The van der Waals surface area contributed by atoms with Crippen molar-refractivity contribution in [3.8, 4) is 56.4 Å². The van der Waals surface area contributed by atoms with Gasteiger partial charge in [-0.1, -0.05) is 80.6 Å². The van der Waals surface area contributed by atoms with E-state index in [4.69, 9.17) is 14.4 Å². The number of para-hydroxylation sites is 2. The van der Waals surface area contributed by atoms with Gasteiger partial charge in [-0.25, -0.2) is 9.97 Å². The summed E-state index contributed by atoms with van der Waals surface area (Å²) in [5.74, 6) is 0.643. The van der Waals surface area contributed by atoms with E-state index in [9.17, 15) is 0 Å². The highest BCUT2D eigenvalue weighted by molar-refractivity contribution is 6.10. The standard InChI is InChI=1S/C41H28N4O/c1-41(2)32-16-5-3-13-30(32)37-36(41)38(31-15-11-14-29-28-12-4-6-19-35(28)46-39(29)31)45-40(44-37)27-23-25(33-17-7-9-20-42-33)22-26(24-27)34-18-8-10-21-43-34/h3-24H,1-2H3. The van der Waals surface area contributed by atoms with Gasteiger partial charge in [0.15, 0.2) is 5.82 Å². The van der Waals surface area contributed by atoms with E-state index >= 15 is 0 Å². The Bertz CT molecular complexity index is 2390. The molecule has 0 aliphatic heterocycles. The zero-order valence-electron chi connectivity index (χ0n) is 25.4. The van der Waals surface area contributed by atoms with E-state index in [0.717, 1.165) is 78.1 Å². The lowest BCUT2D eigenvalue weighted by Crippen LogP contribution is -2.17. The third-order valence-electron chi connectivity index (χ3n) is 9.16. The fourth-order valence-corrected chi connectivity index (χ4v) is 6.99. The Labute approximate surface area is 266 Å². The zero-order chi connectivity index (χ0) is 30.8. The van der Waals surface area contributed by atoms with Crippen molar-refractivity contribution in [3.63, 3.8) is 0 Å². The molecule has 0 atom stereocenters. The first kappa shape index (κ1) is 26.5. The molecule has 0 N–H and O–H groups in total. The van der Waals surface area contributed by atoms with E-state index in [2.05, 4.69) is 96.6 Å². The highest BCUT2D eigenvalue weighted by atomic mass is 16.3. The molecule has 4 aromatic carbocycles. The Morgan fingerprint density at radius 1 is 0.543 bits per heavy atom. The van der Waals surface area contributed by atoms with Crippen LogP contribution in [0.5, 0.6) is 0 Å². The number of fused-ring (bicyclic) bond motifs is 6. The van der Waals surface area contributed by atoms with Crippen molar-refractivity contribution >= 4 is 21.9 Å². The molecule has 9 rings (SSSR count). The first-order valence-corrected chi connectivity index (χ1v) is 15.5. The number of nitrogens with zero attached hydrogens (tertiary/aromatic N) is 4. The van der Waals surface area contributed by atoms with Gasteiger partial charge in [0.2, 0.25) is 0 Å². The van der Waals surface area contributed by atoms with Crippen LogP contribution in [0.2, 0.25) is 0 Å². The molecule has 0 saturated heterocycles. The van der Waals surface area contributed by atoms with E-state index in [1.54, 1.807) is 0 Å². The Morgan fingerprint density at radius 2 is 1.13 bits per heavy atom. The average Bonchev–Trinajstić information content (AvgIpc) is 3.61. The summed E-state index contributed by atoms with van der Waals surface area (Å²) < 4.78 is 6.57. The van der Waals surface area contributed by atoms with Gasteiger partial charge in [0.1, 0.15) is 11.2 Å². The van der Waals surface area contributed by atoms with Crippen LogP contribution in [0, 0.1) is 0 Å². The minimum atomic E-state index is -0.317. The smallest absolute Gasteiger partial charge is 0.160 e. The lowest BCUT2D eigenvalue weighted by molar-refractivity contribution is 0.655. The van der Waals surface area contributed by atoms with Crippen LogP contribution in [0.1, 0.15) is 25.0 Å². The van der Waals surface area contributed by atoms with Gasteiger partial charge >= 0.3 is 0 Å². The van der Waals surface area contributed by atoms with Crippen molar-refractivity contribution in [1.29, 1.82) is 0 Å². The number of benzene rings is 4. The van der Waals surface area contributed by atoms with Gasteiger partial charge in [0.25, 0.3) is 0 Å². The Kier molecular flexibility index (Phi) is 5.78. The minimum Gasteiger partial charge on any atom is -0.455 e. The number of hydrogen-bond acceptors (Lipinski definition) is 5. The molecule has 0 spiro atoms. The Hall–Kier alpha value is -5.94. The molecule has 0 fully saturated rings. The first-order valence-electron chi connectivity index (χ1n) is 15.5. The highest BCUT2D eigenvalue weighted by Gasteiger charge is 2.40. The molecule has 218 valence electrons. The SMILES string of the molecule is CC1(C)c2ccccc2-c2nc(-c3cc(-c4ccccn4)cc(-c4ccccn4)c3)nc(-c3cccc4c3oc3ccccc34)c21. The predicted molar refractivity (Wildman–Crippen MR) is 184 cm³/mol. The third kappa shape index (κ3) is 4.02. The number of rotatable bonds is 4. The molecule has 0 radical (unpaired) electrons. The zero-order valence-corrected chi connectivity index (χ0v) is 25.4. The maximum absolute atomic E-state index is 6.57. The number of furan rings is 1. The summed E-state index contributed by atoms with van der Waals surface area (Å²) in [7, 11) is 0. The largest absolute Gasteiger partial charge is 0.455 e. The molecule has 1 aliphatic carbocycles. The van der Waals surface area contributed by atoms with Crippen molar-refractivity contribution in [1.82, 2.24) is 19.9 Å². The molecule has 4 aromatic heterocycles. The normalized spacial score (nSPS) is 13.2. The maximum atomic E-state index is 6.57. The van der Waals surface area contributed by atoms with Crippen LogP contribution < -0.4 is 0 Å². The summed E-state index contributed by atoms with van der Waals surface area (Å²) >= 11 is 0. The Balaban J connectivity index is 1.36. The van der Waals surface area contributed by atoms with Crippen LogP contribution in [0.4, 0.5) is 0 Å². The molecular formula is C41H28N4O. The number of pyridine rings is 2. The van der Waals surface area contributed by atoms with Crippen LogP contribution in [0.25, 0.3) is 78.4 Å². The van der Waals surface area contributed by atoms with E-state index in [1.807, 2.05) is 60.9 Å². The molecule has 0 bridgehead atoms. The fraction of sp³-hybridized carbons (Fsp3) is 0.0732. The molecule has 0 unspecified atom stereocenters. The molecular weight excluding hydrogens is 564 g/mol. The van der Waals surface area contributed by atoms with E-state index in [0.29, 0.717) is 5.82 Å². The second-order valence-electron chi connectivity index (χ2n) is 12.3. The molecule has 0 saturated carbocycles. The van der Waals surface area contributed by atoms with Crippen molar-refractivity contribution < 1.29 is 4.42 Å². The second-order valence-corrected chi connectivity index (χ2v) is 12.3. The summed E-state index contributed by atoms with van der Waals surface area (Å²) in [6.07, 6.45) is 3.64. The summed E-state index contributed by atoms with van der Waals surface area (Å²) in [5.41, 5.74) is 12.3. The van der Waals surface area contributed by atoms with E-state index < -0.39 is 0 Å². The molecule has 8 aromatic rings. The van der Waals surface area contributed by atoms with Crippen molar-refractivity contribution in [2.75, 3.05) is 0 Å². The summed E-state index contributed by atoms with van der Waals surface area (Å²) in [5, 5.41) is 2.17. The van der Waals surface area contributed by atoms with Gasteiger partial charge in [0, 0.05) is 62.0 Å². The summed E-state index contributed by atoms with van der Waals surface area (Å²) in [6, 6.07) is 41.5. The lowest BCUT2D eigenvalue weighted by atomic mass is 9.80. The second kappa shape index (κ2) is 10.0. The first-order chi connectivity index (χ1) is 22.6. The molecule has 46 heavy (non-hydrogen) atoms. The van der Waals surface area contributed by atoms with Gasteiger partial charge < -0.3 is 4.42 Å². The summed E-state index contributed by atoms with van der Waals surface area (Å²) in [4.78, 5) is 20.1. The topological polar surface area (TPSA) is 64.7 Å². The molecule has 0 amide bonds. The van der Waals surface area contributed by atoms with Gasteiger partial charge in [-0.15, -0.1) is 0 Å². The number of hydrogen-bond donors (Lipinski definition) is 0. The summed E-state index contributed by atoms with van der Waals surface area (Å²) in [6.45, 7) is 4.54. The molecule has 5 heteroatoms. The quantitative estimate of drug-likeness (QED) is 0.203. The van der Waals surface area contributed by atoms with Gasteiger partial charge in [-0.3, -0.25) is 9.97 Å². The van der Waals surface area contributed by atoms with Crippen LogP contribution in [-0.2, 0) is 5.41 Å². The van der Waals surface area contributed by atoms with Crippen LogP contribution >= 0.6 is 0 Å². The van der Waals surface area contributed by atoms with Gasteiger partial charge in [-0.2, -0.15) is 0 Å². The van der Waals surface area contributed by atoms with Crippen LogP contribution in [-0.4, -0.2) is 19.9 Å². The van der Waals surface area contributed by atoms with Crippen molar-refractivity contribution in [2.24, 2.45) is 0 Å². The highest BCUT2D eigenvalue weighted by Crippen LogP contribution is 2.52.